The topological polar surface area (TPSA) is 75.7 Å². The van der Waals surface area contributed by atoms with Crippen LogP contribution in [-0.4, -0.2) is 27.7 Å². The first-order chi connectivity index (χ1) is 15.6. The molecule has 3 aromatic rings. The van der Waals surface area contributed by atoms with Crippen molar-refractivity contribution in [3.63, 3.8) is 0 Å². The van der Waals surface area contributed by atoms with Gasteiger partial charge in [-0.1, -0.05) is 41.4 Å². The Balaban J connectivity index is 1.78. The Morgan fingerprint density at radius 3 is 2.09 bits per heavy atom. The lowest BCUT2D eigenvalue weighted by Gasteiger charge is -2.24. The molecule has 1 N–H and O–H groups in total. The minimum absolute atomic E-state index is 0.0304. The number of carbonyl (C=O) groups excluding carboxylic acids is 1. The molecule has 9 heteroatoms. The molecule has 0 aliphatic heterocycles. The van der Waals surface area contributed by atoms with Crippen molar-refractivity contribution in [2.75, 3.05) is 17.7 Å². The van der Waals surface area contributed by atoms with E-state index in [0.717, 1.165) is 17.6 Å². The molecule has 0 radical (unpaired) electrons. The Hall–Kier alpha value is -2.74. The lowest BCUT2D eigenvalue weighted by atomic mass is 10.1. The van der Waals surface area contributed by atoms with E-state index < -0.39 is 10.0 Å². The normalized spacial score (nSPS) is 12.2. The Morgan fingerprint density at radius 1 is 1.00 bits per heavy atom. The molecule has 0 aromatic heterocycles. The van der Waals surface area contributed by atoms with E-state index in [2.05, 4.69) is 5.32 Å². The first-order valence-electron chi connectivity index (χ1n) is 10.1. The third kappa shape index (κ3) is 6.19. The highest BCUT2D eigenvalue weighted by molar-refractivity contribution is 7.92. The molecule has 0 unspecified atom stereocenters. The van der Waals surface area contributed by atoms with Crippen molar-refractivity contribution in [2.45, 2.75) is 19.5 Å². The van der Waals surface area contributed by atoms with Gasteiger partial charge in [-0.3, -0.25) is 9.10 Å². The second kappa shape index (κ2) is 10.5. The molecule has 33 heavy (non-hydrogen) atoms. The molecule has 0 spiro atoms. The monoisotopic (exact) mass is 506 g/mol. The van der Waals surface area contributed by atoms with Gasteiger partial charge in [-0.25, -0.2) is 8.42 Å². The number of hydrogen-bond acceptors (Lipinski definition) is 4. The Morgan fingerprint density at radius 2 is 1.58 bits per heavy atom. The van der Waals surface area contributed by atoms with E-state index in [-0.39, 0.29) is 18.5 Å². The van der Waals surface area contributed by atoms with Crippen molar-refractivity contribution in [1.82, 2.24) is 5.32 Å². The quantitative estimate of drug-likeness (QED) is 0.440. The van der Waals surface area contributed by atoms with Crippen LogP contribution in [-0.2, 0) is 16.6 Å². The maximum atomic E-state index is 12.7. The maximum Gasteiger partial charge on any atom is 0.251 e. The van der Waals surface area contributed by atoms with Crippen LogP contribution in [0, 0.1) is 0 Å². The first kappa shape index (κ1) is 24.9. The molecule has 0 bridgehead atoms. The van der Waals surface area contributed by atoms with Crippen molar-refractivity contribution in [2.24, 2.45) is 0 Å². The number of nitrogens with one attached hydrogen (secondary N) is 1. The molecule has 1 atom stereocenters. The van der Waals surface area contributed by atoms with E-state index in [1.54, 1.807) is 49.6 Å². The summed E-state index contributed by atoms with van der Waals surface area (Å²) in [7, 11) is -2.04. The molecule has 3 rings (SSSR count). The molecule has 0 aliphatic rings. The Labute approximate surface area is 204 Å². The third-order valence-corrected chi connectivity index (χ3v) is 6.99. The summed E-state index contributed by atoms with van der Waals surface area (Å²) in [4.78, 5) is 12.7. The number of methoxy groups -OCH3 is 1. The molecule has 0 saturated carbocycles. The summed E-state index contributed by atoms with van der Waals surface area (Å²) in [6, 6.07) is 18.5. The molecule has 3 aromatic carbocycles. The zero-order valence-electron chi connectivity index (χ0n) is 18.4. The van der Waals surface area contributed by atoms with Crippen LogP contribution in [0.5, 0.6) is 5.75 Å². The van der Waals surface area contributed by atoms with Crippen LogP contribution in [0.2, 0.25) is 10.0 Å². The van der Waals surface area contributed by atoms with E-state index >= 15 is 0 Å². The second-order valence-corrected chi connectivity index (χ2v) is 10.2. The van der Waals surface area contributed by atoms with Crippen molar-refractivity contribution in [1.29, 1.82) is 0 Å². The molecule has 174 valence electrons. The van der Waals surface area contributed by atoms with Gasteiger partial charge in [0, 0.05) is 21.2 Å². The summed E-state index contributed by atoms with van der Waals surface area (Å²) < 4.78 is 31.3. The van der Waals surface area contributed by atoms with E-state index in [9.17, 15) is 13.2 Å². The molecular weight excluding hydrogens is 483 g/mol. The fourth-order valence-electron chi connectivity index (χ4n) is 3.26. The molecule has 1 amide bonds. The Bertz CT molecular complexity index is 1210. The summed E-state index contributed by atoms with van der Waals surface area (Å²) in [6.07, 6.45) is 1.11. The van der Waals surface area contributed by atoms with Gasteiger partial charge in [-0.2, -0.15) is 0 Å². The van der Waals surface area contributed by atoms with Crippen LogP contribution in [0.3, 0.4) is 0 Å². The molecular formula is C24H24Cl2N2O4S. The van der Waals surface area contributed by atoms with Crippen molar-refractivity contribution in [3.8, 4) is 5.75 Å². The summed E-state index contributed by atoms with van der Waals surface area (Å²) >= 11 is 12.5. The SMILES string of the molecule is COc1ccc([C@H](C)NC(=O)c2ccc(N(Cc3c(Cl)cccc3Cl)S(C)(=O)=O)cc2)cc1. The number of sulfonamides is 1. The highest BCUT2D eigenvalue weighted by atomic mass is 35.5. The van der Waals surface area contributed by atoms with Crippen LogP contribution >= 0.6 is 23.2 Å². The maximum absolute atomic E-state index is 12.7. The van der Waals surface area contributed by atoms with Crippen molar-refractivity contribution in [3.05, 3.63) is 93.5 Å². The number of ether oxygens (including phenoxy) is 1. The smallest absolute Gasteiger partial charge is 0.251 e. The minimum Gasteiger partial charge on any atom is -0.497 e. The van der Waals surface area contributed by atoms with Gasteiger partial charge in [0.1, 0.15) is 5.75 Å². The minimum atomic E-state index is -3.64. The first-order valence-corrected chi connectivity index (χ1v) is 12.7. The van der Waals surface area contributed by atoms with Crippen LogP contribution in [0.25, 0.3) is 0 Å². The third-order valence-electron chi connectivity index (χ3n) is 5.14. The largest absolute Gasteiger partial charge is 0.497 e. The predicted octanol–water partition coefficient (Wildman–Crippen LogP) is 5.46. The lowest BCUT2D eigenvalue weighted by Crippen LogP contribution is -2.30. The van der Waals surface area contributed by atoms with Crippen LogP contribution in [0.4, 0.5) is 5.69 Å². The average molecular weight is 507 g/mol. The van der Waals surface area contributed by atoms with Crippen molar-refractivity contribution < 1.29 is 17.9 Å². The average Bonchev–Trinajstić information content (AvgIpc) is 2.78. The number of carbonyl (C=O) groups is 1. The number of amides is 1. The van der Waals surface area contributed by atoms with Gasteiger partial charge in [0.25, 0.3) is 5.91 Å². The number of benzene rings is 3. The number of anilines is 1. The summed E-state index contributed by atoms with van der Waals surface area (Å²) in [5, 5.41) is 3.69. The fraction of sp³-hybridized carbons (Fsp3) is 0.208. The predicted molar refractivity (Wildman–Crippen MR) is 133 cm³/mol. The van der Waals surface area contributed by atoms with Gasteiger partial charge in [0.2, 0.25) is 10.0 Å². The number of nitrogens with zero attached hydrogens (tertiary/aromatic N) is 1. The zero-order chi connectivity index (χ0) is 24.2. The highest BCUT2D eigenvalue weighted by Gasteiger charge is 2.21. The fourth-order valence-corrected chi connectivity index (χ4v) is 4.65. The number of hydrogen-bond donors (Lipinski definition) is 1. The second-order valence-electron chi connectivity index (χ2n) is 7.49. The molecule has 0 heterocycles. The van der Waals surface area contributed by atoms with Gasteiger partial charge in [-0.15, -0.1) is 0 Å². The van der Waals surface area contributed by atoms with Crippen LogP contribution in [0.1, 0.15) is 34.5 Å². The van der Waals surface area contributed by atoms with Gasteiger partial charge < -0.3 is 10.1 Å². The van der Waals surface area contributed by atoms with Gasteiger partial charge in [0.15, 0.2) is 0 Å². The van der Waals surface area contributed by atoms with Crippen LogP contribution < -0.4 is 14.4 Å². The van der Waals surface area contributed by atoms with Gasteiger partial charge >= 0.3 is 0 Å². The van der Waals surface area contributed by atoms with Crippen LogP contribution in [0.15, 0.2) is 66.7 Å². The summed E-state index contributed by atoms with van der Waals surface area (Å²) in [5.41, 5.74) is 2.23. The van der Waals surface area contributed by atoms with E-state index in [1.165, 1.54) is 4.31 Å². The number of rotatable bonds is 8. The molecule has 6 nitrogen and oxygen atoms in total. The molecule has 0 saturated heterocycles. The van der Waals surface area contributed by atoms with E-state index in [0.29, 0.717) is 26.9 Å². The molecule has 0 aliphatic carbocycles. The van der Waals surface area contributed by atoms with E-state index in [4.69, 9.17) is 27.9 Å². The van der Waals surface area contributed by atoms with Gasteiger partial charge in [-0.05, 0) is 61.0 Å². The summed E-state index contributed by atoms with van der Waals surface area (Å²) in [5.74, 6) is 0.464. The molecule has 0 fully saturated rings. The Kier molecular flexibility index (Phi) is 7.89. The highest BCUT2D eigenvalue weighted by Crippen LogP contribution is 2.29. The number of halogens is 2. The van der Waals surface area contributed by atoms with Crippen molar-refractivity contribution >= 4 is 44.8 Å². The zero-order valence-corrected chi connectivity index (χ0v) is 20.7. The summed E-state index contributed by atoms with van der Waals surface area (Å²) in [6.45, 7) is 1.85. The van der Waals surface area contributed by atoms with E-state index in [1.807, 2.05) is 31.2 Å². The standard InChI is InChI=1S/C24H24Cl2N2O4S/c1-16(17-9-13-20(32-2)14-10-17)27-24(29)18-7-11-19(12-8-18)28(33(3,30)31)15-21-22(25)5-4-6-23(21)26/h4-14,16H,15H2,1-3H3,(H,27,29)/t16-/m0/s1. The lowest BCUT2D eigenvalue weighted by molar-refractivity contribution is 0.0940. The van der Waals surface area contributed by atoms with Gasteiger partial charge in [0.05, 0.1) is 31.6 Å².